The van der Waals surface area contributed by atoms with Gasteiger partial charge in [-0.25, -0.2) is 4.39 Å². The smallest absolute Gasteiger partial charge is 0.257 e. The highest BCUT2D eigenvalue weighted by Crippen LogP contribution is 2.26. The average Bonchev–Trinajstić information content (AvgIpc) is 2.36. The van der Waals surface area contributed by atoms with E-state index in [0.29, 0.717) is 10.7 Å². The highest BCUT2D eigenvalue weighted by atomic mass is 79.9. The number of anilines is 2. The van der Waals surface area contributed by atoms with Gasteiger partial charge in [0.1, 0.15) is 5.82 Å². The maximum Gasteiger partial charge on any atom is 0.257 e. The SMILES string of the molecule is Nc1ccc(F)cc1C(=O)Nc1cc(Br)ccc1Cl. The zero-order valence-corrected chi connectivity index (χ0v) is 11.9. The first-order valence-corrected chi connectivity index (χ1v) is 6.46. The minimum atomic E-state index is -0.528. The van der Waals surface area contributed by atoms with Crippen LogP contribution in [0.4, 0.5) is 15.8 Å². The summed E-state index contributed by atoms with van der Waals surface area (Å²) in [5, 5.41) is 2.97. The van der Waals surface area contributed by atoms with Crippen LogP contribution in [0.2, 0.25) is 5.02 Å². The normalized spacial score (nSPS) is 10.3. The van der Waals surface area contributed by atoms with Gasteiger partial charge in [-0.15, -0.1) is 0 Å². The van der Waals surface area contributed by atoms with Gasteiger partial charge in [-0.05, 0) is 36.4 Å². The Hall–Kier alpha value is -1.59. The molecule has 19 heavy (non-hydrogen) atoms. The van der Waals surface area contributed by atoms with E-state index >= 15 is 0 Å². The molecule has 0 aromatic heterocycles. The van der Waals surface area contributed by atoms with Crippen molar-refractivity contribution < 1.29 is 9.18 Å². The van der Waals surface area contributed by atoms with Gasteiger partial charge in [0, 0.05) is 10.2 Å². The second kappa shape index (κ2) is 5.59. The van der Waals surface area contributed by atoms with Crippen LogP contribution in [-0.4, -0.2) is 5.91 Å². The number of carbonyl (C=O) groups excluding carboxylic acids is 1. The first kappa shape index (κ1) is 13.8. The lowest BCUT2D eigenvalue weighted by Crippen LogP contribution is -2.14. The van der Waals surface area contributed by atoms with E-state index in [9.17, 15) is 9.18 Å². The maximum absolute atomic E-state index is 13.1. The summed E-state index contributed by atoms with van der Waals surface area (Å²) in [7, 11) is 0. The molecule has 3 N–H and O–H groups in total. The Kier molecular flexibility index (Phi) is 4.07. The van der Waals surface area contributed by atoms with Crippen molar-refractivity contribution >= 4 is 44.8 Å². The molecule has 0 aliphatic carbocycles. The first-order chi connectivity index (χ1) is 8.97. The Bertz CT molecular complexity index is 649. The summed E-state index contributed by atoms with van der Waals surface area (Å²) in [6.07, 6.45) is 0. The summed E-state index contributed by atoms with van der Waals surface area (Å²) >= 11 is 9.23. The molecule has 0 saturated carbocycles. The number of amides is 1. The van der Waals surface area contributed by atoms with Gasteiger partial charge in [-0.2, -0.15) is 0 Å². The van der Waals surface area contributed by atoms with Crippen molar-refractivity contribution in [3.05, 3.63) is 57.3 Å². The number of halogens is 3. The fourth-order valence-electron chi connectivity index (χ4n) is 1.51. The van der Waals surface area contributed by atoms with E-state index in [0.717, 1.165) is 10.5 Å². The molecule has 0 aliphatic rings. The summed E-state index contributed by atoms with van der Waals surface area (Å²) < 4.78 is 13.9. The molecule has 0 radical (unpaired) electrons. The zero-order chi connectivity index (χ0) is 14.0. The minimum absolute atomic E-state index is 0.0658. The van der Waals surface area contributed by atoms with Crippen LogP contribution in [0.3, 0.4) is 0 Å². The monoisotopic (exact) mass is 342 g/mol. The van der Waals surface area contributed by atoms with Crippen LogP contribution < -0.4 is 11.1 Å². The molecule has 2 rings (SSSR count). The lowest BCUT2D eigenvalue weighted by atomic mass is 10.1. The molecule has 0 saturated heterocycles. The molecule has 2 aromatic rings. The van der Waals surface area contributed by atoms with E-state index in [2.05, 4.69) is 21.2 Å². The van der Waals surface area contributed by atoms with Crippen molar-refractivity contribution in [1.29, 1.82) is 0 Å². The average molecular weight is 344 g/mol. The van der Waals surface area contributed by atoms with E-state index in [1.165, 1.54) is 12.1 Å². The molecule has 0 bridgehead atoms. The Morgan fingerprint density at radius 2 is 2.00 bits per heavy atom. The molecular formula is C13H9BrClFN2O. The maximum atomic E-state index is 13.1. The fourth-order valence-corrected chi connectivity index (χ4v) is 2.03. The van der Waals surface area contributed by atoms with Crippen LogP contribution in [0.15, 0.2) is 40.9 Å². The highest BCUT2D eigenvalue weighted by Gasteiger charge is 2.12. The highest BCUT2D eigenvalue weighted by molar-refractivity contribution is 9.10. The van der Waals surface area contributed by atoms with Gasteiger partial charge in [-0.1, -0.05) is 27.5 Å². The second-order valence-electron chi connectivity index (χ2n) is 3.81. The van der Waals surface area contributed by atoms with Crippen LogP contribution in [0.25, 0.3) is 0 Å². The van der Waals surface area contributed by atoms with Crippen LogP contribution in [0, 0.1) is 5.82 Å². The molecule has 0 aliphatic heterocycles. The summed E-state index contributed by atoms with van der Waals surface area (Å²) in [6, 6.07) is 8.64. The molecule has 0 spiro atoms. The standard InChI is InChI=1S/C13H9BrClFN2O/c14-7-1-3-10(15)12(5-7)18-13(19)9-6-8(16)2-4-11(9)17/h1-6H,17H2,(H,18,19). The van der Waals surface area contributed by atoms with Gasteiger partial charge < -0.3 is 11.1 Å². The molecule has 6 heteroatoms. The predicted octanol–water partition coefficient (Wildman–Crippen LogP) is 4.08. The van der Waals surface area contributed by atoms with Gasteiger partial charge in [0.05, 0.1) is 16.3 Å². The quantitative estimate of drug-likeness (QED) is 0.807. The molecule has 0 fully saturated rings. The Morgan fingerprint density at radius 1 is 1.26 bits per heavy atom. The zero-order valence-electron chi connectivity index (χ0n) is 9.58. The van der Waals surface area contributed by atoms with Crippen molar-refractivity contribution in [2.75, 3.05) is 11.1 Å². The Balaban J connectivity index is 2.30. The lowest BCUT2D eigenvalue weighted by molar-refractivity contribution is 0.102. The van der Waals surface area contributed by atoms with Crippen molar-refractivity contribution in [1.82, 2.24) is 0 Å². The fraction of sp³-hybridized carbons (Fsp3) is 0. The topological polar surface area (TPSA) is 55.1 Å². The van der Waals surface area contributed by atoms with Crippen LogP contribution in [0.1, 0.15) is 10.4 Å². The van der Waals surface area contributed by atoms with Gasteiger partial charge in [0.15, 0.2) is 0 Å². The molecule has 1 amide bonds. The number of hydrogen-bond donors (Lipinski definition) is 2. The number of rotatable bonds is 2. The van der Waals surface area contributed by atoms with Crippen molar-refractivity contribution in [3.8, 4) is 0 Å². The minimum Gasteiger partial charge on any atom is -0.398 e. The number of benzene rings is 2. The third kappa shape index (κ3) is 3.24. The largest absolute Gasteiger partial charge is 0.398 e. The summed E-state index contributed by atoms with van der Waals surface area (Å²) in [4.78, 5) is 12.0. The van der Waals surface area contributed by atoms with Crippen LogP contribution >= 0.6 is 27.5 Å². The van der Waals surface area contributed by atoms with Gasteiger partial charge >= 0.3 is 0 Å². The van der Waals surface area contributed by atoms with E-state index < -0.39 is 11.7 Å². The van der Waals surface area contributed by atoms with E-state index in [1.807, 2.05) is 0 Å². The third-order valence-electron chi connectivity index (χ3n) is 2.44. The molecule has 2 aromatic carbocycles. The summed E-state index contributed by atoms with van der Waals surface area (Å²) in [5.74, 6) is -1.04. The van der Waals surface area contributed by atoms with Crippen molar-refractivity contribution in [2.45, 2.75) is 0 Å². The van der Waals surface area contributed by atoms with Crippen molar-refractivity contribution in [3.63, 3.8) is 0 Å². The third-order valence-corrected chi connectivity index (χ3v) is 3.26. The molecule has 0 unspecified atom stereocenters. The number of nitrogens with two attached hydrogens (primary N) is 1. The first-order valence-electron chi connectivity index (χ1n) is 5.29. The van der Waals surface area contributed by atoms with Crippen molar-refractivity contribution in [2.24, 2.45) is 0 Å². The Morgan fingerprint density at radius 3 is 2.74 bits per heavy atom. The number of hydrogen-bond acceptors (Lipinski definition) is 2. The summed E-state index contributed by atoms with van der Waals surface area (Å²) in [5.41, 5.74) is 6.33. The lowest BCUT2D eigenvalue weighted by Gasteiger charge is -2.09. The molecule has 0 atom stereocenters. The Labute approximate surface area is 122 Å². The van der Waals surface area contributed by atoms with E-state index in [-0.39, 0.29) is 11.3 Å². The molecule has 98 valence electrons. The van der Waals surface area contributed by atoms with Crippen LogP contribution in [0.5, 0.6) is 0 Å². The summed E-state index contributed by atoms with van der Waals surface area (Å²) in [6.45, 7) is 0. The number of nitrogen functional groups attached to an aromatic ring is 1. The number of nitrogens with one attached hydrogen (secondary N) is 1. The molecule has 0 heterocycles. The van der Waals surface area contributed by atoms with Gasteiger partial charge in [-0.3, -0.25) is 4.79 Å². The van der Waals surface area contributed by atoms with E-state index in [4.69, 9.17) is 17.3 Å². The predicted molar refractivity (Wildman–Crippen MR) is 77.9 cm³/mol. The molecule has 3 nitrogen and oxygen atoms in total. The molecular weight excluding hydrogens is 335 g/mol. The van der Waals surface area contributed by atoms with Gasteiger partial charge in [0.25, 0.3) is 5.91 Å². The second-order valence-corrected chi connectivity index (χ2v) is 5.13. The van der Waals surface area contributed by atoms with E-state index in [1.54, 1.807) is 18.2 Å². The van der Waals surface area contributed by atoms with Crippen LogP contribution in [-0.2, 0) is 0 Å². The number of carbonyl (C=O) groups is 1. The van der Waals surface area contributed by atoms with Gasteiger partial charge in [0.2, 0.25) is 0 Å².